The van der Waals surface area contributed by atoms with Crippen molar-refractivity contribution in [3.05, 3.63) is 71.3 Å². The van der Waals surface area contributed by atoms with E-state index in [1.165, 1.54) is 30.2 Å². The molecule has 4 N–H and O–H groups in total. The van der Waals surface area contributed by atoms with Gasteiger partial charge in [-0.25, -0.2) is 9.59 Å². The zero-order chi connectivity index (χ0) is 28.3. The summed E-state index contributed by atoms with van der Waals surface area (Å²) in [4.78, 5) is 39.9. The molecule has 4 rings (SSSR count). The molecule has 2 aromatic rings. The number of amides is 3. The zero-order valence-corrected chi connectivity index (χ0v) is 20.6. The first-order valence-electron chi connectivity index (χ1n) is 11.9. The fraction of sp³-hybridized carbons (Fsp3) is 0.346. The monoisotopic (exact) mass is 549 g/mol. The number of benzene rings is 2. The van der Waals surface area contributed by atoms with Crippen LogP contribution in [0.2, 0.25) is 0 Å². The number of fused-ring (bicyclic) bond motifs is 1. The maximum absolute atomic E-state index is 13.5. The normalized spacial score (nSPS) is 22.7. The number of alkyl halides is 3. The summed E-state index contributed by atoms with van der Waals surface area (Å²) in [5.74, 6) is -1.63. The lowest BCUT2D eigenvalue weighted by atomic mass is 9.88. The molecule has 3 amide bonds. The highest BCUT2D eigenvalue weighted by Crippen LogP contribution is 2.29. The quantitative estimate of drug-likeness (QED) is 0.420. The minimum Gasteiger partial charge on any atom is -0.467 e. The molecule has 39 heavy (non-hydrogen) atoms. The van der Waals surface area contributed by atoms with Crippen molar-refractivity contribution in [2.75, 3.05) is 12.4 Å². The Morgan fingerprint density at radius 3 is 2.31 bits per heavy atom. The van der Waals surface area contributed by atoms with Gasteiger partial charge in [0.05, 0.1) is 19.3 Å². The molecule has 0 saturated carbocycles. The highest BCUT2D eigenvalue weighted by molar-refractivity contribution is 5.97. The van der Waals surface area contributed by atoms with Crippen LogP contribution in [0.5, 0.6) is 5.75 Å². The van der Waals surface area contributed by atoms with Gasteiger partial charge < -0.3 is 35.2 Å². The number of carbonyl (C=O) groups is 3. The van der Waals surface area contributed by atoms with E-state index in [2.05, 4.69) is 15.4 Å². The maximum Gasteiger partial charge on any atom is 0.573 e. The number of halogens is 3. The van der Waals surface area contributed by atoms with Gasteiger partial charge in [-0.05, 0) is 35.4 Å². The van der Waals surface area contributed by atoms with Crippen LogP contribution >= 0.6 is 0 Å². The summed E-state index contributed by atoms with van der Waals surface area (Å²) in [7, 11) is 1.22. The van der Waals surface area contributed by atoms with Gasteiger partial charge in [-0.15, -0.1) is 13.2 Å². The van der Waals surface area contributed by atoms with Crippen molar-refractivity contribution in [1.29, 1.82) is 0 Å². The summed E-state index contributed by atoms with van der Waals surface area (Å²) in [6.07, 6.45) is -6.37. The molecule has 208 valence electrons. The number of hydrogen-bond acceptors (Lipinski definition) is 7. The van der Waals surface area contributed by atoms with Crippen LogP contribution in [0, 0.1) is 0 Å². The molecule has 2 aliphatic rings. The van der Waals surface area contributed by atoms with Crippen molar-refractivity contribution >= 4 is 23.6 Å². The van der Waals surface area contributed by atoms with Gasteiger partial charge in [0.15, 0.2) is 0 Å². The lowest BCUT2D eigenvalue weighted by Gasteiger charge is -2.38. The van der Waals surface area contributed by atoms with Gasteiger partial charge in [-0.1, -0.05) is 30.3 Å². The summed E-state index contributed by atoms with van der Waals surface area (Å²) >= 11 is 0. The Labute approximate surface area is 221 Å². The van der Waals surface area contributed by atoms with Crippen LogP contribution in [-0.4, -0.2) is 70.8 Å². The molecular formula is C26H26F3N3O7. The molecule has 4 unspecified atom stereocenters. The van der Waals surface area contributed by atoms with Crippen molar-refractivity contribution in [2.24, 2.45) is 0 Å². The summed E-state index contributed by atoms with van der Waals surface area (Å²) in [6, 6.07) is 8.79. The highest BCUT2D eigenvalue weighted by atomic mass is 19.4. The molecule has 2 aromatic carbocycles. The largest absolute Gasteiger partial charge is 0.573 e. The zero-order valence-electron chi connectivity index (χ0n) is 20.6. The number of hydrogen-bond donors (Lipinski definition) is 4. The van der Waals surface area contributed by atoms with Crippen LogP contribution in [0.25, 0.3) is 0 Å². The Hall–Kier alpha value is -4.10. The highest BCUT2D eigenvalue weighted by Gasteiger charge is 2.40. The molecule has 0 fully saturated rings. The van der Waals surface area contributed by atoms with Crippen LogP contribution in [0.1, 0.15) is 17.5 Å². The van der Waals surface area contributed by atoms with Crippen LogP contribution in [0.4, 0.5) is 23.7 Å². The summed E-state index contributed by atoms with van der Waals surface area (Å²) in [5, 5.41) is 25.7. The number of ether oxygens (including phenoxy) is 2. The van der Waals surface area contributed by atoms with E-state index < -0.39 is 54.3 Å². The topological polar surface area (TPSA) is 137 Å². The van der Waals surface area contributed by atoms with Gasteiger partial charge in [-0.3, -0.25) is 4.79 Å². The SMILES string of the molecule is COC(=O)C1Cc2ccccc2CN1C(=O)C1=CC(NC(=O)Nc2ccc(OC(F)(F)F)cc2)C(O)C(O)C1. The Bertz CT molecular complexity index is 1270. The number of carbonyl (C=O) groups excluding carboxylic acids is 3. The van der Waals surface area contributed by atoms with Crippen molar-refractivity contribution in [1.82, 2.24) is 10.2 Å². The Morgan fingerprint density at radius 1 is 1.00 bits per heavy atom. The number of anilines is 1. The van der Waals surface area contributed by atoms with Gasteiger partial charge in [0.25, 0.3) is 5.91 Å². The van der Waals surface area contributed by atoms with Crippen molar-refractivity contribution in [2.45, 2.75) is 50.0 Å². The van der Waals surface area contributed by atoms with E-state index in [4.69, 9.17) is 4.74 Å². The third-order valence-corrected chi connectivity index (χ3v) is 6.47. The summed E-state index contributed by atoms with van der Waals surface area (Å²) < 4.78 is 45.7. The molecule has 1 heterocycles. The predicted octanol–water partition coefficient (Wildman–Crippen LogP) is 2.25. The number of methoxy groups -OCH3 is 1. The Balaban J connectivity index is 1.48. The molecule has 0 spiro atoms. The van der Waals surface area contributed by atoms with E-state index in [0.29, 0.717) is 0 Å². The third-order valence-electron chi connectivity index (χ3n) is 6.47. The lowest BCUT2D eigenvalue weighted by Crippen LogP contribution is -2.54. The first kappa shape index (κ1) is 27.9. The van der Waals surface area contributed by atoms with Crippen LogP contribution in [-0.2, 0) is 27.3 Å². The average Bonchev–Trinajstić information content (AvgIpc) is 2.89. The molecular weight excluding hydrogens is 523 g/mol. The van der Waals surface area contributed by atoms with Gasteiger partial charge in [0.2, 0.25) is 0 Å². The third kappa shape index (κ3) is 6.67. The Morgan fingerprint density at radius 2 is 1.67 bits per heavy atom. The second-order valence-electron chi connectivity index (χ2n) is 9.10. The molecule has 4 atom stereocenters. The van der Waals surface area contributed by atoms with E-state index in [0.717, 1.165) is 23.3 Å². The van der Waals surface area contributed by atoms with Crippen LogP contribution < -0.4 is 15.4 Å². The predicted molar refractivity (Wildman–Crippen MR) is 130 cm³/mol. The second-order valence-corrected chi connectivity index (χ2v) is 9.10. The average molecular weight is 550 g/mol. The number of nitrogens with one attached hydrogen (secondary N) is 2. The minimum absolute atomic E-state index is 0.0834. The Kier molecular flexibility index (Phi) is 8.11. The molecule has 13 heteroatoms. The first-order chi connectivity index (χ1) is 18.4. The molecule has 10 nitrogen and oxygen atoms in total. The number of rotatable bonds is 5. The van der Waals surface area contributed by atoms with Crippen LogP contribution in [0.15, 0.2) is 60.2 Å². The van der Waals surface area contributed by atoms with E-state index in [1.54, 1.807) is 0 Å². The first-order valence-corrected chi connectivity index (χ1v) is 11.9. The fourth-order valence-electron chi connectivity index (χ4n) is 4.58. The molecule has 0 saturated heterocycles. The van der Waals surface area contributed by atoms with Gasteiger partial charge in [0.1, 0.15) is 17.9 Å². The summed E-state index contributed by atoms with van der Waals surface area (Å²) in [5.41, 5.74) is 1.96. The number of nitrogens with zero attached hydrogens (tertiary/aromatic N) is 1. The van der Waals surface area contributed by atoms with Gasteiger partial charge in [-0.2, -0.15) is 0 Å². The van der Waals surface area contributed by atoms with E-state index in [-0.39, 0.29) is 30.6 Å². The fourth-order valence-corrected chi connectivity index (χ4v) is 4.58. The summed E-state index contributed by atoms with van der Waals surface area (Å²) in [6.45, 7) is 0.122. The van der Waals surface area contributed by atoms with Crippen molar-refractivity contribution in [3.8, 4) is 5.75 Å². The molecule has 0 aromatic heterocycles. The number of esters is 1. The number of aliphatic hydroxyl groups excluding tert-OH is 2. The van der Waals surface area contributed by atoms with Crippen LogP contribution in [0.3, 0.4) is 0 Å². The minimum atomic E-state index is -4.86. The van der Waals surface area contributed by atoms with Gasteiger partial charge >= 0.3 is 18.4 Å². The number of urea groups is 1. The van der Waals surface area contributed by atoms with Crippen molar-refractivity contribution in [3.63, 3.8) is 0 Å². The maximum atomic E-state index is 13.5. The molecule has 0 radical (unpaired) electrons. The van der Waals surface area contributed by atoms with E-state index in [9.17, 15) is 37.8 Å². The molecule has 1 aliphatic heterocycles. The van der Waals surface area contributed by atoms with E-state index >= 15 is 0 Å². The standard InChI is InChI=1S/C26H26F3N3O7/c1-38-24(36)20-11-14-4-2-3-5-15(14)13-32(20)23(35)16-10-19(22(34)21(33)12-16)31-25(37)30-17-6-8-18(9-7-17)39-26(27,28)29/h2-10,19-22,33-34H,11-13H2,1H3,(H2,30,31,37). The van der Waals surface area contributed by atoms with Crippen molar-refractivity contribution < 1.29 is 47.2 Å². The smallest absolute Gasteiger partial charge is 0.467 e. The lowest BCUT2D eigenvalue weighted by molar-refractivity contribution is -0.274. The molecule has 0 bridgehead atoms. The molecule has 1 aliphatic carbocycles. The second kappa shape index (κ2) is 11.3. The number of aliphatic hydroxyl groups is 2. The van der Waals surface area contributed by atoms with E-state index in [1.807, 2.05) is 24.3 Å². The van der Waals surface area contributed by atoms with Gasteiger partial charge in [0, 0.05) is 30.6 Å².